The Bertz CT molecular complexity index is 593. The SMILES string of the molecule is CC(NC(=O)c1cccc(Cl)c1Cl)C(=O)NCCC1CCCNC1.Cl. The van der Waals surface area contributed by atoms with Gasteiger partial charge in [0.25, 0.3) is 5.91 Å². The smallest absolute Gasteiger partial charge is 0.253 e. The molecule has 0 aromatic heterocycles. The fourth-order valence-electron chi connectivity index (χ4n) is 2.74. The van der Waals surface area contributed by atoms with Crippen LogP contribution in [0.3, 0.4) is 0 Å². The highest BCUT2D eigenvalue weighted by molar-refractivity contribution is 6.43. The van der Waals surface area contributed by atoms with Crippen molar-refractivity contribution in [3.8, 4) is 0 Å². The lowest BCUT2D eigenvalue weighted by atomic mass is 9.96. The second-order valence-corrected chi connectivity index (χ2v) is 6.87. The third kappa shape index (κ3) is 6.66. The average Bonchev–Trinajstić information content (AvgIpc) is 2.58. The fraction of sp³-hybridized carbons (Fsp3) is 0.529. The van der Waals surface area contributed by atoms with Gasteiger partial charge in [-0.05, 0) is 57.3 Å². The van der Waals surface area contributed by atoms with Crippen LogP contribution >= 0.6 is 35.6 Å². The summed E-state index contributed by atoms with van der Waals surface area (Å²) in [6.07, 6.45) is 3.33. The average molecular weight is 409 g/mol. The van der Waals surface area contributed by atoms with Gasteiger partial charge >= 0.3 is 0 Å². The standard InChI is InChI=1S/C17H23Cl2N3O2.ClH/c1-11(16(23)21-9-7-12-4-3-8-20-10-12)22-17(24)13-5-2-6-14(18)15(13)19;/h2,5-6,11-12,20H,3-4,7-10H2,1H3,(H,21,23)(H,22,24);1H. The molecule has 1 aromatic rings. The van der Waals surface area contributed by atoms with Gasteiger partial charge in [0.05, 0.1) is 15.6 Å². The third-order valence-corrected chi connectivity index (χ3v) is 5.01. The molecule has 1 aliphatic rings. The summed E-state index contributed by atoms with van der Waals surface area (Å²) in [6, 6.07) is 4.18. The number of carbonyl (C=O) groups excluding carboxylic acids is 2. The van der Waals surface area contributed by atoms with E-state index in [0.29, 0.717) is 17.5 Å². The van der Waals surface area contributed by atoms with E-state index in [2.05, 4.69) is 16.0 Å². The van der Waals surface area contributed by atoms with Crippen molar-refractivity contribution in [2.75, 3.05) is 19.6 Å². The number of carbonyl (C=O) groups is 2. The van der Waals surface area contributed by atoms with Gasteiger partial charge in [-0.15, -0.1) is 12.4 Å². The molecule has 1 heterocycles. The van der Waals surface area contributed by atoms with E-state index in [0.717, 1.165) is 19.5 Å². The molecule has 0 aliphatic carbocycles. The van der Waals surface area contributed by atoms with Crippen LogP contribution in [-0.4, -0.2) is 37.5 Å². The van der Waals surface area contributed by atoms with Crippen molar-refractivity contribution >= 4 is 47.4 Å². The summed E-state index contributed by atoms with van der Waals surface area (Å²) in [5, 5.41) is 9.37. The summed E-state index contributed by atoms with van der Waals surface area (Å²) >= 11 is 11.9. The molecule has 0 spiro atoms. The molecule has 3 N–H and O–H groups in total. The zero-order chi connectivity index (χ0) is 17.5. The minimum atomic E-state index is -0.642. The van der Waals surface area contributed by atoms with Gasteiger partial charge in [-0.25, -0.2) is 0 Å². The molecule has 5 nitrogen and oxygen atoms in total. The van der Waals surface area contributed by atoms with Gasteiger partial charge in [0.2, 0.25) is 5.91 Å². The predicted octanol–water partition coefficient (Wildman–Crippen LogP) is 3.04. The van der Waals surface area contributed by atoms with Crippen molar-refractivity contribution in [1.29, 1.82) is 0 Å². The lowest BCUT2D eigenvalue weighted by molar-refractivity contribution is -0.122. The molecular weight excluding hydrogens is 385 g/mol. The number of benzene rings is 1. The summed E-state index contributed by atoms with van der Waals surface area (Å²) in [5.41, 5.74) is 0.261. The monoisotopic (exact) mass is 407 g/mol. The summed E-state index contributed by atoms with van der Waals surface area (Å²) < 4.78 is 0. The van der Waals surface area contributed by atoms with Crippen molar-refractivity contribution < 1.29 is 9.59 Å². The van der Waals surface area contributed by atoms with Gasteiger partial charge < -0.3 is 16.0 Å². The number of halogens is 3. The van der Waals surface area contributed by atoms with Crippen LogP contribution < -0.4 is 16.0 Å². The first-order valence-corrected chi connectivity index (χ1v) is 8.98. The van der Waals surface area contributed by atoms with Crippen molar-refractivity contribution in [2.24, 2.45) is 5.92 Å². The van der Waals surface area contributed by atoms with Gasteiger partial charge in [0.15, 0.2) is 0 Å². The maximum Gasteiger partial charge on any atom is 0.253 e. The quantitative estimate of drug-likeness (QED) is 0.677. The van der Waals surface area contributed by atoms with E-state index < -0.39 is 11.9 Å². The molecule has 1 aliphatic heterocycles. The molecule has 0 saturated carbocycles. The van der Waals surface area contributed by atoms with Crippen LogP contribution in [0, 0.1) is 5.92 Å². The van der Waals surface area contributed by atoms with E-state index in [1.165, 1.54) is 12.8 Å². The maximum atomic E-state index is 12.2. The largest absolute Gasteiger partial charge is 0.354 e. The van der Waals surface area contributed by atoms with Crippen molar-refractivity contribution in [1.82, 2.24) is 16.0 Å². The molecule has 1 aromatic carbocycles. The van der Waals surface area contributed by atoms with E-state index in [4.69, 9.17) is 23.2 Å². The Kier molecular flexibility index (Phi) is 9.57. The highest BCUT2D eigenvalue weighted by Gasteiger charge is 2.19. The van der Waals surface area contributed by atoms with Crippen LogP contribution in [0.15, 0.2) is 18.2 Å². The first-order chi connectivity index (χ1) is 11.5. The Morgan fingerprint density at radius 2 is 2.12 bits per heavy atom. The van der Waals surface area contributed by atoms with Gasteiger partial charge in [-0.2, -0.15) is 0 Å². The maximum absolute atomic E-state index is 12.2. The number of nitrogens with one attached hydrogen (secondary N) is 3. The summed E-state index contributed by atoms with van der Waals surface area (Å²) in [4.78, 5) is 24.3. The fourth-order valence-corrected chi connectivity index (χ4v) is 3.13. The molecule has 2 unspecified atom stereocenters. The highest BCUT2D eigenvalue weighted by Crippen LogP contribution is 2.25. The molecule has 2 atom stereocenters. The number of hydrogen-bond acceptors (Lipinski definition) is 3. The topological polar surface area (TPSA) is 70.2 Å². The van der Waals surface area contributed by atoms with Gasteiger partial charge in [-0.1, -0.05) is 29.3 Å². The first-order valence-electron chi connectivity index (χ1n) is 8.22. The van der Waals surface area contributed by atoms with Crippen molar-refractivity contribution in [3.05, 3.63) is 33.8 Å². The van der Waals surface area contributed by atoms with Crippen molar-refractivity contribution in [2.45, 2.75) is 32.2 Å². The molecule has 0 radical (unpaired) electrons. The van der Waals surface area contributed by atoms with Gasteiger partial charge in [0, 0.05) is 6.54 Å². The zero-order valence-corrected chi connectivity index (χ0v) is 16.4. The number of rotatable bonds is 6. The van der Waals surface area contributed by atoms with Gasteiger partial charge in [-0.3, -0.25) is 9.59 Å². The van der Waals surface area contributed by atoms with Crippen LogP contribution in [0.25, 0.3) is 0 Å². The van der Waals surface area contributed by atoms with Crippen molar-refractivity contribution in [3.63, 3.8) is 0 Å². The molecule has 1 saturated heterocycles. The van der Waals surface area contributed by atoms with Gasteiger partial charge in [0.1, 0.15) is 6.04 Å². The Morgan fingerprint density at radius 3 is 2.80 bits per heavy atom. The summed E-state index contributed by atoms with van der Waals surface area (Å²) in [7, 11) is 0. The molecular formula is C17H24Cl3N3O2. The van der Waals surface area contributed by atoms with Crippen LogP contribution in [0.2, 0.25) is 10.0 Å². The molecule has 140 valence electrons. The lowest BCUT2D eigenvalue weighted by Crippen LogP contribution is -2.45. The van der Waals surface area contributed by atoms with E-state index in [-0.39, 0.29) is 28.9 Å². The van der Waals surface area contributed by atoms with E-state index in [1.54, 1.807) is 25.1 Å². The molecule has 8 heteroatoms. The van der Waals surface area contributed by atoms with E-state index >= 15 is 0 Å². The predicted molar refractivity (Wildman–Crippen MR) is 104 cm³/mol. The van der Waals surface area contributed by atoms with E-state index in [9.17, 15) is 9.59 Å². The lowest BCUT2D eigenvalue weighted by Gasteiger charge is -2.23. The normalized spacial score (nSPS) is 18.0. The molecule has 2 amide bonds. The Balaban J connectivity index is 0.00000312. The Morgan fingerprint density at radius 1 is 1.36 bits per heavy atom. The second-order valence-electron chi connectivity index (χ2n) is 6.09. The highest BCUT2D eigenvalue weighted by atomic mass is 35.5. The van der Waals surface area contributed by atoms with Crippen LogP contribution in [0.1, 0.15) is 36.5 Å². The van der Waals surface area contributed by atoms with E-state index in [1.807, 2.05) is 0 Å². The molecule has 2 rings (SSSR count). The van der Waals surface area contributed by atoms with Crippen LogP contribution in [-0.2, 0) is 4.79 Å². The molecule has 0 bridgehead atoms. The second kappa shape index (κ2) is 10.9. The Labute approximate surface area is 164 Å². The van der Waals surface area contributed by atoms with Crippen LogP contribution in [0.4, 0.5) is 0 Å². The number of piperidine rings is 1. The minimum Gasteiger partial charge on any atom is -0.354 e. The zero-order valence-electron chi connectivity index (χ0n) is 14.1. The Hall–Kier alpha value is -1.01. The first kappa shape index (κ1) is 22.0. The third-order valence-electron chi connectivity index (χ3n) is 4.19. The molecule has 25 heavy (non-hydrogen) atoms. The van der Waals surface area contributed by atoms with Crippen LogP contribution in [0.5, 0.6) is 0 Å². The number of hydrogen-bond donors (Lipinski definition) is 3. The minimum absolute atomic E-state index is 0. The number of amides is 2. The molecule has 1 fully saturated rings. The summed E-state index contributed by atoms with van der Waals surface area (Å²) in [5.74, 6) is -0.0129. The summed E-state index contributed by atoms with van der Waals surface area (Å²) in [6.45, 7) is 4.35.